The summed E-state index contributed by atoms with van der Waals surface area (Å²) in [6.07, 6.45) is -0.517. The Morgan fingerprint density at radius 2 is 1.67 bits per heavy atom. The molecule has 0 bridgehead atoms. The lowest BCUT2D eigenvalue weighted by Gasteiger charge is -2.27. The second kappa shape index (κ2) is 6.81. The second-order valence-electron chi connectivity index (χ2n) is 7.48. The largest absolute Gasteiger partial charge is 0.365 e. The molecule has 1 aliphatic heterocycles. The lowest BCUT2D eigenvalue weighted by molar-refractivity contribution is 0.0478. The first-order valence-corrected chi connectivity index (χ1v) is 9.73. The van der Waals surface area contributed by atoms with Gasteiger partial charge in [0.15, 0.2) is 0 Å². The number of hydrogen-bond acceptors (Lipinski definition) is 3. The quantitative estimate of drug-likeness (QED) is 0.515. The molecule has 1 atom stereocenters. The SMILES string of the molecule is Cn1c(=O)c2c(-c3ccccc3)n3c(c2n(C)c1=O)[C@H](c1ccc(F)cc1)OCC3. The van der Waals surface area contributed by atoms with Crippen LogP contribution in [0.2, 0.25) is 0 Å². The van der Waals surface area contributed by atoms with Crippen LogP contribution in [0.15, 0.2) is 64.2 Å². The van der Waals surface area contributed by atoms with Crippen LogP contribution in [0.5, 0.6) is 0 Å². The Morgan fingerprint density at radius 3 is 2.37 bits per heavy atom. The normalized spacial score (nSPS) is 16.0. The highest BCUT2D eigenvalue weighted by atomic mass is 19.1. The number of hydrogen-bond donors (Lipinski definition) is 0. The number of aromatic nitrogens is 3. The molecule has 0 unspecified atom stereocenters. The number of ether oxygens (including phenoxy) is 1. The van der Waals surface area contributed by atoms with Gasteiger partial charge >= 0.3 is 5.69 Å². The molecular formula is C23H20FN3O3. The number of aryl methyl sites for hydroxylation is 1. The topological polar surface area (TPSA) is 58.2 Å². The van der Waals surface area contributed by atoms with Gasteiger partial charge < -0.3 is 9.30 Å². The summed E-state index contributed by atoms with van der Waals surface area (Å²) >= 11 is 0. The summed E-state index contributed by atoms with van der Waals surface area (Å²) in [6.45, 7) is 0.980. The van der Waals surface area contributed by atoms with Gasteiger partial charge in [-0.3, -0.25) is 13.9 Å². The van der Waals surface area contributed by atoms with Crippen molar-refractivity contribution in [1.82, 2.24) is 13.7 Å². The van der Waals surface area contributed by atoms with Gasteiger partial charge in [-0.15, -0.1) is 0 Å². The molecule has 6 nitrogen and oxygen atoms in total. The molecule has 0 fully saturated rings. The maximum atomic E-state index is 13.5. The fourth-order valence-electron chi connectivity index (χ4n) is 4.37. The van der Waals surface area contributed by atoms with Crippen molar-refractivity contribution >= 4 is 10.9 Å². The van der Waals surface area contributed by atoms with Crippen molar-refractivity contribution in [3.63, 3.8) is 0 Å². The highest BCUT2D eigenvalue weighted by Gasteiger charge is 2.32. The van der Waals surface area contributed by atoms with E-state index in [9.17, 15) is 14.0 Å². The predicted molar refractivity (Wildman–Crippen MR) is 112 cm³/mol. The fourth-order valence-corrected chi connectivity index (χ4v) is 4.37. The van der Waals surface area contributed by atoms with Crippen LogP contribution >= 0.6 is 0 Å². The second-order valence-corrected chi connectivity index (χ2v) is 7.48. The van der Waals surface area contributed by atoms with Gasteiger partial charge in [-0.25, -0.2) is 9.18 Å². The van der Waals surface area contributed by atoms with Crippen LogP contribution in [0.1, 0.15) is 17.4 Å². The molecular weight excluding hydrogens is 385 g/mol. The van der Waals surface area contributed by atoms with E-state index in [0.717, 1.165) is 27.1 Å². The molecule has 0 saturated heterocycles. The Labute approximate surface area is 171 Å². The first kappa shape index (κ1) is 18.6. The summed E-state index contributed by atoms with van der Waals surface area (Å²) in [5, 5.41) is 0.485. The maximum Gasteiger partial charge on any atom is 0.331 e. The van der Waals surface area contributed by atoms with Crippen molar-refractivity contribution in [2.45, 2.75) is 12.6 Å². The van der Waals surface area contributed by atoms with Gasteiger partial charge in [-0.05, 0) is 23.3 Å². The van der Waals surface area contributed by atoms with Gasteiger partial charge in [0.1, 0.15) is 11.9 Å². The lowest BCUT2D eigenvalue weighted by atomic mass is 10.0. The molecule has 0 radical (unpaired) electrons. The van der Waals surface area contributed by atoms with E-state index in [0.29, 0.717) is 24.1 Å². The monoisotopic (exact) mass is 405 g/mol. The minimum absolute atomic E-state index is 0.332. The highest BCUT2D eigenvalue weighted by molar-refractivity contribution is 5.96. The molecule has 2 aromatic carbocycles. The molecule has 5 rings (SSSR count). The van der Waals surface area contributed by atoms with Gasteiger partial charge in [0.05, 0.1) is 28.9 Å². The number of halogens is 1. The minimum atomic E-state index is -0.517. The summed E-state index contributed by atoms with van der Waals surface area (Å²) in [4.78, 5) is 26.0. The molecule has 1 aliphatic rings. The van der Waals surface area contributed by atoms with Crippen LogP contribution in [0.25, 0.3) is 22.2 Å². The molecule has 3 heterocycles. The van der Waals surface area contributed by atoms with Crippen molar-refractivity contribution in [3.05, 3.63) is 92.5 Å². The standard InChI is InChI=1S/C23H20FN3O3/c1-25-19-17(22(28)26(2)23(25)29)18(14-6-4-3-5-7-14)27-12-13-30-21(20(19)27)15-8-10-16(24)11-9-15/h3-11,21H,12-13H2,1-2H3/t21-/m0/s1. The summed E-state index contributed by atoms with van der Waals surface area (Å²) in [7, 11) is 3.15. The maximum absolute atomic E-state index is 13.5. The molecule has 7 heteroatoms. The zero-order valence-corrected chi connectivity index (χ0v) is 16.6. The Bertz CT molecular complexity index is 1380. The van der Waals surface area contributed by atoms with E-state index < -0.39 is 11.8 Å². The van der Waals surface area contributed by atoms with E-state index in [1.165, 1.54) is 23.7 Å². The molecule has 4 aromatic rings. The van der Waals surface area contributed by atoms with Crippen LogP contribution in [-0.4, -0.2) is 20.3 Å². The van der Waals surface area contributed by atoms with Gasteiger partial charge in [0.25, 0.3) is 5.56 Å². The van der Waals surface area contributed by atoms with Crippen molar-refractivity contribution in [2.75, 3.05) is 6.61 Å². The fraction of sp³-hybridized carbons (Fsp3) is 0.217. The average Bonchev–Trinajstić information content (AvgIpc) is 3.13. The molecule has 2 aromatic heterocycles. The summed E-state index contributed by atoms with van der Waals surface area (Å²) in [6, 6.07) is 15.8. The Morgan fingerprint density at radius 1 is 0.967 bits per heavy atom. The van der Waals surface area contributed by atoms with Crippen molar-refractivity contribution < 1.29 is 9.13 Å². The van der Waals surface area contributed by atoms with Gasteiger partial charge in [-0.2, -0.15) is 0 Å². The minimum Gasteiger partial charge on any atom is -0.365 e. The number of rotatable bonds is 2. The van der Waals surface area contributed by atoms with E-state index in [1.807, 2.05) is 30.3 Å². The van der Waals surface area contributed by atoms with Crippen LogP contribution in [0.4, 0.5) is 4.39 Å². The van der Waals surface area contributed by atoms with E-state index in [-0.39, 0.29) is 11.4 Å². The third-order valence-corrected chi connectivity index (χ3v) is 5.77. The predicted octanol–water partition coefficient (Wildman–Crippen LogP) is 2.96. The van der Waals surface area contributed by atoms with Crippen LogP contribution in [0.3, 0.4) is 0 Å². The lowest BCUT2D eigenvalue weighted by Crippen LogP contribution is -2.37. The van der Waals surface area contributed by atoms with Crippen molar-refractivity contribution in [2.24, 2.45) is 14.1 Å². The third kappa shape index (κ3) is 2.59. The molecule has 0 N–H and O–H groups in total. The molecule has 0 aliphatic carbocycles. The van der Waals surface area contributed by atoms with Crippen molar-refractivity contribution in [3.8, 4) is 11.3 Å². The van der Waals surface area contributed by atoms with E-state index in [4.69, 9.17) is 4.74 Å². The molecule has 0 saturated carbocycles. The Kier molecular flexibility index (Phi) is 4.22. The highest BCUT2D eigenvalue weighted by Crippen LogP contribution is 2.40. The van der Waals surface area contributed by atoms with Gasteiger partial charge in [0.2, 0.25) is 0 Å². The van der Waals surface area contributed by atoms with Gasteiger partial charge in [-0.1, -0.05) is 42.5 Å². The molecule has 0 amide bonds. The molecule has 0 spiro atoms. The summed E-state index contributed by atoms with van der Waals surface area (Å²) < 4.78 is 24.3. The zero-order chi connectivity index (χ0) is 21.0. The zero-order valence-electron chi connectivity index (χ0n) is 16.6. The first-order valence-electron chi connectivity index (χ1n) is 9.73. The van der Waals surface area contributed by atoms with Crippen LogP contribution in [-0.2, 0) is 25.4 Å². The number of nitrogens with zero attached hydrogens (tertiary/aromatic N) is 3. The van der Waals surface area contributed by atoms with Crippen LogP contribution in [0, 0.1) is 5.82 Å². The third-order valence-electron chi connectivity index (χ3n) is 5.77. The Balaban J connectivity index is 1.94. The van der Waals surface area contributed by atoms with Crippen LogP contribution < -0.4 is 11.2 Å². The van der Waals surface area contributed by atoms with E-state index in [2.05, 4.69) is 4.57 Å². The Hall–Kier alpha value is -3.45. The average molecular weight is 405 g/mol. The molecule has 152 valence electrons. The van der Waals surface area contributed by atoms with E-state index >= 15 is 0 Å². The van der Waals surface area contributed by atoms with Crippen molar-refractivity contribution in [1.29, 1.82) is 0 Å². The summed E-state index contributed by atoms with van der Waals surface area (Å²) in [5.41, 5.74) is 2.98. The number of benzene rings is 2. The van der Waals surface area contributed by atoms with E-state index in [1.54, 1.807) is 19.2 Å². The smallest absolute Gasteiger partial charge is 0.331 e. The summed E-state index contributed by atoms with van der Waals surface area (Å²) in [5.74, 6) is -0.332. The number of fused-ring (bicyclic) bond motifs is 3. The van der Waals surface area contributed by atoms with Gasteiger partial charge in [0, 0.05) is 20.6 Å². The first-order chi connectivity index (χ1) is 14.5. The molecule has 30 heavy (non-hydrogen) atoms.